The zero-order valence-corrected chi connectivity index (χ0v) is 36.9. The molecule has 1 heterocycles. The summed E-state index contributed by atoms with van der Waals surface area (Å²) in [5, 5.41) is 23.2. The van der Waals surface area contributed by atoms with Gasteiger partial charge >= 0.3 is 0 Å². The van der Waals surface area contributed by atoms with Crippen molar-refractivity contribution >= 4 is 86.5 Å². The van der Waals surface area contributed by atoms with Gasteiger partial charge in [-0.25, -0.2) is 0 Å². The van der Waals surface area contributed by atoms with Gasteiger partial charge in [0.1, 0.15) is 17.3 Å². The lowest BCUT2D eigenvalue weighted by molar-refractivity contribution is 0.317. The van der Waals surface area contributed by atoms with Crippen molar-refractivity contribution in [2.45, 2.75) is 19.8 Å². The van der Waals surface area contributed by atoms with E-state index in [0.717, 1.165) is 0 Å². The van der Waals surface area contributed by atoms with Crippen LogP contribution in [-0.4, -0.2) is 104 Å². The summed E-state index contributed by atoms with van der Waals surface area (Å²) in [5.41, 5.74) is 3.03. The second-order valence-electron chi connectivity index (χ2n) is 12.7. The van der Waals surface area contributed by atoms with Gasteiger partial charge in [0.05, 0.1) is 71.4 Å². The molecule has 0 unspecified atom stereocenters. The Morgan fingerprint density at radius 2 is 0.841 bits per heavy atom. The Bertz CT molecular complexity index is 2580. The SMILES string of the molecule is CS(=O)(=O)O.CS(=O)(=O)O.Cc1nc(Nc2ccc(N=Nc3ccccc3)cc2OCCCS(=O)(=O)O)nc(Nc2ccc(N=Nc3ccccc3)cc2OCCCS(=O)(=O)O)n1. The number of ether oxygens (including phenoxy) is 2. The highest BCUT2D eigenvalue weighted by Crippen LogP contribution is 2.34. The number of nitrogens with one attached hydrogen (secondary N) is 2. The van der Waals surface area contributed by atoms with Gasteiger partial charge in [-0.3, -0.25) is 18.2 Å². The summed E-state index contributed by atoms with van der Waals surface area (Å²) in [6.07, 6.45) is 1.49. The van der Waals surface area contributed by atoms with E-state index in [1.54, 1.807) is 67.6 Å². The van der Waals surface area contributed by atoms with Crippen molar-refractivity contribution in [2.24, 2.45) is 20.5 Å². The molecule has 0 atom stereocenters. The van der Waals surface area contributed by atoms with Crippen molar-refractivity contribution in [3.8, 4) is 11.5 Å². The lowest BCUT2D eigenvalue weighted by Gasteiger charge is -2.15. The van der Waals surface area contributed by atoms with Crippen LogP contribution in [0.2, 0.25) is 0 Å². The van der Waals surface area contributed by atoms with Crippen LogP contribution in [0.4, 0.5) is 46.0 Å². The van der Waals surface area contributed by atoms with Crippen LogP contribution in [0.15, 0.2) is 118 Å². The molecular weight excluding hydrogens is 911 g/mol. The zero-order chi connectivity index (χ0) is 46.7. The number of azo groups is 2. The number of aromatic nitrogens is 3. The molecule has 0 aliphatic heterocycles. The maximum atomic E-state index is 11.2. The van der Waals surface area contributed by atoms with Crippen LogP contribution in [0, 0.1) is 6.92 Å². The van der Waals surface area contributed by atoms with E-state index in [4.69, 9.17) is 27.7 Å². The summed E-state index contributed by atoms with van der Waals surface area (Å²) >= 11 is 0. The third-order valence-corrected chi connectivity index (χ3v) is 8.46. The molecule has 4 aromatic carbocycles. The summed E-state index contributed by atoms with van der Waals surface area (Å²) in [7, 11) is -15.7. The minimum Gasteiger partial charge on any atom is -0.491 e. The minimum atomic E-state index is -4.17. The van der Waals surface area contributed by atoms with Crippen molar-refractivity contribution in [3.63, 3.8) is 0 Å². The molecule has 0 saturated heterocycles. The van der Waals surface area contributed by atoms with Crippen LogP contribution in [-0.2, 0) is 40.5 Å². The van der Waals surface area contributed by atoms with Crippen molar-refractivity contribution in [1.29, 1.82) is 0 Å². The van der Waals surface area contributed by atoms with Gasteiger partial charge in [0.15, 0.2) is 0 Å². The van der Waals surface area contributed by atoms with Crippen molar-refractivity contribution in [3.05, 3.63) is 103 Å². The van der Waals surface area contributed by atoms with Gasteiger partial charge in [0.25, 0.3) is 40.5 Å². The predicted molar refractivity (Wildman–Crippen MR) is 233 cm³/mol. The van der Waals surface area contributed by atoms with Crippen LogP contribution in [0.25, 0.3) is 0 Å². The van der Waals surface area contributed by atoms with Crippen molar-refractivity contribution in [1.82, 2.24) is 15.0 Å². The number of rotatable bonds is 18. The normalized spacial score (nSPS) is 11.9. The number of nitrogens with zero attached hydrogens (tertiary/aromatic N) is 7. The summed E-state index contributed by atoms with van der Waals surface area (Å²) in [5.74, 6) is 0.229. The molecule has 0 aliphatic rings. The maximum Gasteiger partial charge on any atom is 0.264 e. The lowest BCUT2D eigenvalue weighted by atomic mass is 10.2. The first kappa shape index (κ1) is 51.3. The van der Waals surface area contributed by atoms with Crippen LogP contribution in [0.3, 0.4) is 0 Å². The molecule has 0 bridgehead atoms. The van der Waals surface area contributed by atoms with Crippen LogP contribution in [0.1, 0.15) is 18.7 Å². The average Bonchev–Trinajstić information content (AvgIpc) is 3.16. The Kier molecular flexibility index (Phi) is 19.5. The second-order valence-corrected chi connectivity index (χ2v) is 18.7. The molecule has 340 valence electrons. The van der Waals surface area contributed by atoms with E-state index >= 15 is 0 Å². The van der Waals surface area contributed by atoms with E-state index in [9.17, 15) is 33.7 Å². The molecule has 0 saturated carbocycles. The van der Waals surface area contributed by atoms with E-state index in [-0.39, 0.29) is 38.0 Å². The van der Waals surface area contributed by atoms with Crippen molar-refractivity contribution < 1.29 is 61.4 Å². The summed E-state index contributed by atoms with van der Waals surface area (Å²) < 4.78 is 127. The topological polar surface area (TPSA) is 348 Å². The molecule has 0 fully saturated rings. The smallest absolute Gasteiger partial charge is 0.264 e. The lowest BCUT2D eigenvalue weighted by Crippen LogP contribution is -2.10. The highest BCUT2D eigenvalue weighted by Gasteiger charge is 2.14. The van der Waals surface area contributed by atoms with Crippen LogP contribution in [0.5, 0.6) is 11.5 Å². The Hall–Kier alpha value is -6.07. The first-order chi connectivity index (χ1) is 29.4. The summed E-state index contributed by atoms with van der Waals surface area (Å²) in [4.78, 5) is 13.3. The fourth-order valence-corrected chi connectivity index (χ4v) is 5.46. The first-order valence-electron chi connectivity index (χ1n) is 17.9. The third kappa shape index (κ3) is 24.2. The van der Waals surface area contributed by atoms with Crippen LogP contribution >= 0.6 is 0 Å². The Morgan fingerprint density at radius 3 is 1.17 bits per heavy atom. The monoisotopic (exact) mass is 953 g/mol. The molecule has 63 heavy (non-hydrogen) atoms. The number of benzene rings is 4. The summed E-state index contributed by atoms with van der Waals surface area (Å²) in [6.45, 7) is 1.59. The highest BCUT2D eigenvalue weighted by molar-refractivity contribution is 7.86. The quantitative estimate of drug-likeness (QED) is 0.0298. The van der Waals surface area contributed by atoms with Crippen LogP contribution < -0.4 is 20.1 Å². The van der Waals surface area contributed by atoms with E-state index < -0.39 is 52.0 Å². The fraction of sp³-hybridized carbons (Fsp3) is 0.250. The van der Waals surface area contributed by atoms with Gasteiger partial charge in [0.2, 0.25) is 11.9 Å². The van der Waals surface area contributed by atoms with Gasteiger partial charge in [-0.2, -0.15) is 69.1 Å². The van der Waals surface area contributed by atoms with Gasteiger partial charge in [-0.05, 0) is 68.3 Å². The summed E-state index contributed by atoms with van der Waals surface area (Å²) in [6, 6.07) is 28.2. The number of aryl methyl sites for hydroxylation is 1. The van der Waals surface area contributed by atoms with Gasteiger partial charge in [-0.1, -0.05) is 36.4 Å². The van der Waals surface area contributed by atoms with Crippen molar-refractivity contribution in [2.75, 3.05) is 47.9 Å². The largest absolute Gasteiger partial charge is 0.491 e. The fourth-order valence-electron chi connectivity index (χ4n) is 4.49. The standard InChI is InChI=1S/C34H35N9O8S2.2CH4O3S/c1-24-35-33(37-29-16-14-27(42-40-25-10-4-2-5-11-25)22-31(29)50-18-8-20-52(44,45)46)39-34(36-24)38-30-17-15-28(43-41-26-12-6-3-7-13-26)23-32(30)51-19-9-21-53(47,48)49;2*1-5(2,3)4/h2-7,10-17,22-23H,8-9,18-21H2,1H3,(H,44,45,46)(H,47,48,49)(H2,35,36,37,38,39);2*1H3,(H,2,3,4). The molecule has 6 N–H and O–H groups in total. The molecule has 0 aliphatic carbocycles. The molecule has 1 aromatic heterocycles. The van der Waals surface area contributed by atoms with E-state index in [2.05, 4.69) is 46.0 Å². The molecule has 5 rings (SSSR count). The average molecular weight is 954 g/mol. The Balaban J connectivity index is 0.000000949. The predicted octanol–water partition coefficient (Wildman–Crippen LogP) is 6.82. The second kappa shape index (κ2) is 24.0. The van der Waals surface area contributed by atoms with Gasteiger partial charge < -0.3 is 20.1 Å². The third-order valence-electron chi connectivity index (χ3n) is 6.85. The molecule has 23 nitrogen and oxygen atoms in total. The zero-order valence-electron chi connectivity index (χ0n) is 33.6. The molecule has 5 aromatic rings. The van der Waals surface area contributed by atoms with E-state index in [0.29, 0.717) is 64.0 Å². The first-order valence-corrected chi connectivity index (χ1v) is 24.8. The molecule has 0 amide bonds. The Morgan fingerprint density at radius 1 is 0.508 bits per heavy atom. The number of hydrogen-bond acceptors (Lipinski definition) is 19. The van der Waals surface area contributed by atoms with E-state index in [1.165, 1.54) is 0 Å². The molecular formula is C36H43N9O14S4. The maximum absolute atomic E-state index is 11.2. The molecule has 27 heteroatoms. The Labute approximate surface area is 363 Å². The molecule has 0 spiro atoms. The molecule has 0 radical (unpaired) electrons. The number of anilines is 4. The van der Waals surface area contributed by atoms with Gasteiger partial charge in [0, 0.05) is 12.1 Å². The minimum absolute atomic E-state index is 0.0274. The van der Waals surface area contributed by atoms with Gasteiger partial charge in [-0.15, -0.1) is 0 Å². The number of hydrogen-bond donors (Lipinski definition) is 6. The van der Waals surface area contributed by atoms with E-state index in [1.807, 2.05) is 36.4 Å². The highest BCUT2D eigenvalue weighted by atomic mass is 32.2.